The molecule has 0 aromatic heterocycles. The zero-order valence-electron chi connectivity index (χ0n) is 14.1. The van der Waals surface area contributed by atoms with Gasteiger partial charge in [-0.3, -0.25) is 0 Å². The van der Waals surface area contributed by atoms with Crippen molar-refractivity contribution in [1.82, 2.24) is 10.2 Å². The van der Waals surface area contributed by atoms with Crippen LogP contribution in [0.1, 0.15) is 66.7 Å². The van der Waals surface area contributed by atoms with Gasteiger partial charge in [0, 0.05) is 18.6 Å². The van der Waals surface area contributed by atoms with E-state index in [4.69, 9.17) is 0 Å². The van der Waals surface area contributed by atoms with E-state index in [0.717, 1.165) is 12.0 Å². The fraction of sp³-hybridized carbons (Fsp3) is 1.00. The first-order valence-corrected chi connectivity index (χ1v) is 8.33. The van der Waals surface area contributed by atoms with E-state index in [2.05, 4.69) is 51.9 Å². The first-order valence-electron chi connectivity index (χ1n) is 8.33. The van der Waals surface area contributed by atoms with Crippen LogP contribution in [0.3, 0.4) is 0 Å². The monoisotopic (exact) mass is 268 g/mol. The highest BCUT2D eigenvalue weighted by atomic mass is 15.1. The smallest absolute Gasteiger partial charge is 0.0108 e. The lowest BCUT2D eigenvalue weighted by molar-refractivity contribution is 0.0959. The second-order valence-electron chi connectivity index (χ2n) is 7.42. The number of nitrogens with one attached hydrogen (secondary N) is 1. The van der Waals surface area contributed by atoms with Crippen LogP contribution < -0.4 is 5.32 Å². The summed E-state index contributed by atoms with van der Waals surface area (Å²) in [6.07, 6.45) is 6.59. The summed E-state index contributed by atoms with van der Waals surface area (Å²) < 4.78 is 0. The predicted molar refractivity (Wildman–Crippen MR) is 85.6 cm³/mol. The summed E-state index contributed by atoms with van der Waals surface area (Å²) in [6, 6.07) is 1.44. The minimum atomic E-state index is 0.533. The van der Waals surface area contributed by atoms with E-state index in [1.54, 1.807) is 0 Å². The largest absolute Gasteiger partial charge is 0.314 e. The molecule has 1 rings (SSSR count). The van der Waals surface area contributed by atoms with Crippen molar-refractivity contribution in [2.45, 2.75) is 78.8 Å². The average molecular weight is 268 g/mol. The molecule has 0 aromatic carbocycles. The molecule has 0 amide bonds. The van der Waals surface area contributed by atoms with Crippen LogP contribution in [0.25, 0.3) is 0 Å². The molecule has 1 N–H and O–H groups in total. The fourth-order valence-corrected chi connectivity index (χ4v) is 3.39. The molecule has 0 aromatic rings. The molecule has 3 atom stereocenters. The Bertz CT molecular complexity index is 250. The molecule has 19 heavy (non-hydrogen) atoms. The average Bonchev–Trinajstić information content (AvgIpc) is 2.36. The van der Waals surface area contributed by atoms with Crippen molar-refractivity contribution in [1.29, 1.82) is 0 Å². The summed E-state index contributed by atoms with van der Waals surface area (Å²) >= 11 is 0. The van der Waals surface area contributed by atoms with Gasteiger partial charge < -0.3 is 10.2 Å². The van der Waals surface area contributed by atoms with Gasteiger partial charge in [0.15, 0.2) is 0 Å². The molecule has 0 radical (unpaired) electrons. The van der Waals surface area contributed by atoms with E-state index < -0.39 is 0 Å². The first kappa shape index (κ1) is 17.0. The van der Waals surface area contributed by atoms with Gasteiger partial charge in [-0.15, -0.1) is 0 Å². The Kier molecular flexibility index (Phi) is 6.82. The van der Waals surface area contributed by atoms with E-state index in [1.807, 2.05) is 0 Å². The molecule has 114 valence electrons. The fourth-order valence-electron chi connectivity index (χ4n) is 3.39. The van der Waals surface area contributed by atoms with Crippen LogP contribution in [0.15, 0.2) is 0 Å². The zero-order valence-corrected chi connectivity index (χ0v) is 14.1. The van der Waals surface area contributed by atoms with Gasteiger partial charge in [0.25, 0.3) is 0 Å². The Hall–Kier alpha value is -0.0800. The van der Waals surface area contributed by atoms with E-state index in [0.29, 0.717) is 11.5 Å². The van der Waals surface area contributed by atoms with E-state index >= 15 is 0 Å². The molecule has 1 aliphatic rings. The zero-order chi connectivity index (χ0) is 14.5. The third-order valence-electron chi connectivity index (χ3n) is 5.04. The Morgan fingerprint density at radius 3 is 2.58 bits per heavy atom. The third kappa shape index (κ3) is 5.43. The van der Waals surface area contributed by atoms with Gasteiger partial charge in [-0.2, -0.15) is 0 Å². The second-order valence-corrected chi connectivity index (χ2v) is 7.42. The number of rotatable bonds is 7. The van der Waals surface area contributed by atoms with Crippen LogP contribution in [0.5, 0.6) is 0 Å². The highest BCUT2D eigenvalue weighted by molar-refractivity contribution is 4.90. The SMILES string of the molecule is CCCNC1CCC(C)(C)CC1CN(C)C(C)CC. The van der Waals surface area contributed by atoms with Crippen LogP contribution in [0.4, 0.5) is 0 Å². The molecule has 1 saturated carbocycles. The summed E-state index contributed by atoms with van der Waals surface area (Å²) in [6.45, 7) is 14.2. The standard InChI is InChI=1S/C17H36N2/c1-7-11-18-16-9-10-17(4,5)12-15(16)13-19(6)14(3)8-2/h14-16,18H,7-13H2,1-6H3. The van der Waals surface area contributed by atoms with Crippen LogP contribution in [0.2, 0.25) is 0 Å². The summed E-state index contributed by atoms with van der Waals surface area (Å²) in [7, 11) is 2.30. The molecule has 3 unspecified atom stereocenters. The van der Waals surface area contributed by atoms with Gasteiger partial charge in [0.2, 0.25) is 0 Å². The maximum absolute atomic E-state index is 3.79. The summed E-state index contributed by atoms with van der Waals surface area (Å²) in [4.78, 5) is 2.56. The molecular formula is C17H36N2. The lowest BCUT2D eigenvalue weighted by Crippen LogP contribution is -2.48. The Balaban J connectivity index is 2.60. The maximum Gasteiger partial charge on any atom is 0.0108 e. The molecule has 0 heterocycles. The van der Waals surface area contributed by atoms with Crippen LogP contribution in [0, 0.1) is 11.3 Å². The van der Waals surface area contributed by atoms with Crippen LogP contribution in [-0.4, -0.2) is 37.1 Å². The third-order valence-corrected chi connectivity index (χ3v) is 5.04. The summed E-state index contributed by atoms with van der Waals surface area (Å²) in [5.41, 5.74) is 0.533. The Morgan fingerprint density at radius 2 is 2.00 bits per heavy atom. The predicted octanol–water partition coefficient (Wildman–Crippen LogP) is 3.91. The van der Waals surface area contributed by atoms with Crippen molar-refractivity contribution in [2.75, 3.05) is 20.1 Å². The number of hydrogen-bond donors (Lipinski definition) is 1. The van der Waals surface area contributed by atoms with Gasteiger partial charge in [-0.05, 0) is 64.0 Å². The van der Waals surface area contributed by atoms with Crippen molar-refractivity contribution in [3.8, 4) is 0 Å². The van der Waals surface area contributed by atoms with Crippen molar-refractivity contribution in [3.05, 3.63) is 0 Å². The quantitative estimate of drug-likeness (QED) is 0.753. The van der Waals surface area contributed by atoms with Gasteiger partial charge in [-0.1, -0.05) is 27.7 Å². The van der Waals surface area contributed by atoms with Gasteiger partial charge in [0.05, 0.1) is 0 Å². The topological polar surface area (TPSA) is 15.3 Å². The van der Waals surface area contributed by atoms with E-state index in [9.17, 15) is 0 Å². The first-order chi connectivity index (χ1) is 8.89. The molecule has 2 heteroatoms. The number of hydrogen-bond acceptors (Lipinski definition) is 2. The minimum Gasteiger partial charge on any atom is -0.314 e. The highest BCUT2D eigenvalue weighted by Crippen LogP contribution is 2.39. The Morgan fingerprint density at radius 1 is 1.32 bits per heavy atom. The van der Waals surface area contributed by atoms with E-state index in [1.165, 1.54) is 45.2 Å². The molecule has 0 aliphatic heterocycles. The highest BCUT2D eigenvalue weighted by Gasteiger charge is 2.35. The lowest BCUT2D eigenvalue weighted by Gasteiger charge is -2.43. The molecule has 1 fully saturated rings. The normalized spacial score (nSPS) is 28.6. The second kappa shape index (κ2) is 7.64. The Labute approximate surface area is 121 Å². The molecular weight excluding hydrogens is 232 g/mol. The lowest BCUT2D eigenvalue weighted by atomic mass is 9.69. The van der Waals surface area contributed by atoms with Crippen molar-refractivity contribution >= 4 is 0 Å². The van der Waals surface area contributed by atoms with Crippen molar-refractivity contribution in [3.63, 3.8) is 0 Å². The van der Waals surface area contributed by atoms with Crippen molar-refractivity contribution in [2.24, 2.45) is 11.3 Å². The molecule has 1 aliphatic carbocycles. The number of nitrogens with zero attached hydrogens (tertiary/aromatic N) is 1. The van der Waals surface area contributed by atoms with Crippen LogP contribution in [-0.2, 0) is 0 Å². The van der Waals surface area contributed by atoms with Gasteiger partial charge >= 0.3 is 0 Å². The molecule has 0 spiro atoms. The summed E-state index contributed by atoms with van der Waals surface area (Å²) in [5.74, 6) is 0.814. The molecule has 0 bridgehead atoms. The summed E-state index contributed by atoms with van der Waals surface area (Å²) in [5, 5.41) is 3.79. The van der Waals surface area contributed by atoms with Crippen LogP contribution >= 0.6 is 0 Å². The van der Waals surface area contributed by atoms with Crippen molar-refractivity contribution < 1.29 is 0 Å². The maximum atomic E-state index is 3.79. The molecule has 2 nitrogen and oxygen atoms in total. The minimum absolute atomic E-state index is 0.533. The van der Waals surface area contributed by atoms with Gasteiger partial charge in [-0.25, -0.2) is 0 Å². The van der Waals surface area contributed by atoms with E-state index in [-0.39, 0.29) is 0 Å². The van der Waals surface area contributed by atoms with Gasteiger partial charge in [0.1, 0.15) is 0 Å². The molecule has 0 saturated heterocycles.